The number of rotatable bonds is 18. The number of likely N-dealkylation sites (N-methyl/N-ethyl adjacent to an activating group) is 1. The highest BCUT2D eigenvalue weighted by Crippen LogP contribution is 2.41. The predicted octanol–water partition coefficient (Wildman–Crippen LogP) is 6.01. The number of nitrogens with zero attached hydrogens (tertiary/aromatic N) is 4. The number of carbonyl (C=O) groups excluding carboxylic acids is 5. The normalized spacial score (nSPS) is 18.0. The average molecular weight is 913 g/mol. The lowest BCUT2D eigenvalue weighted by Gasteiger charge is -2.32. The van der Waals surface area contributed by atoms with Gasteiger partial charge in [0.15, 0.2) is 23.2 Å². The van der Waals surface area contributed by atoms with Crippen molar-refractivity contribution in [3.8, 4) is 40.1 Å². The van der Waals surface area contributed by atoms with Crippen molar-refractivity contribution in [1.29, 1.82) is 5.26 Å². The number of hydrogen-bond acceptors (Lipinski definition) is 13. The minimum atomic E-state index is -1.24. The largest absolute Gasteiger partial charge is 0.492 e. The molecule has 354 valence electrons. The van der Waals surface area contributed by atoms with Crippen molar-refractivity contribution in [3.05, 3.63) is 94.3 Å². The van der Waals surface area contributed by atoms with Crippen molar-refractivity contribution in [3.63, 3.8) is 0 Å². The van der Waals surface area contributed by atoms with E-state index < -0.39 is 41.5 Å². The van der Waals surface area contributed by atoms with Crippen LogP contribution < -0.4 is 32.0 Å². The van der Waals surface area contributed by atoms with E-state index >= 15 is 0 Å². The number of nitrogens with two attached hydrogens (primary N) is 3. The molecule has 0 saturated heterocycles. The quantitative estimate of drug-likeness (QED) is 0.0837. The molecule has 1 aromatic heterocycles. The van der Waals surface area contributed by atoms with Gasteiger partial charge >= 0.3 is 0 Å². The molecule has 2 aliphatic rings. The SMILES string of the molecule is Cc1nc(-c2ccc(C3CCCC3)cc2)nc(C)c1C(=O)C[C@@H](CCN)C(=O)N(C)[C@@H]1C(=O)C[C@@H](C)C(=O)N[C@H](C(=O)CCC#N)Cc2ccc(OCCN)c(c2)-c2cc1ccc2OCCN. The molecule has 1 fully saturated rings. The molecule has 7 N–H and O–H groups in total. The maximum absolute atomic E-state index is 14.8. The summed E-state index contributed by atoms with van der Waals surface area (Å²) in [7, 11) is 1.51. The van der Waals surface area contributed by atoms with Crippen molar-refractivity contribution >= 4 is 29.2 Å². The van der Waals surface area contributed by atoms with Gasteiger partial charge in [0.2, 0.25) is 11.8 Å². The van der Waals surface area contributed by atoms with Crippen molar-refractivity contribution < 1.29 is 33.4 Å². The average Bonchev–Trinajstić information content (AvgIpc) is 3.87. The molecule has 3 aromatic carbocycles. The van der Waals surface area contributed by atoms with Gasteiger partial charge in [0, 0.05) is 74.3 Å². The van der Waals surface area contributed by atoms with E-state index in [9.17, 15) is 29.2 Å². The minimum Gasteiger partial charge on any atom is -0.492 e. The topological polar surface area (TPSA) is 247 Å². The standard InChI is InChI=1S/C52H64N8O7/c1-31-26-45(63)49(60(4)52(65)39(19-21-54)30-44(62)48-32(2)57-50(58-33(48)3)37-14-12-36(13-15-37)35-8-5-6-9-35)38-16-18-47(67-25-23-56)41(29-38)40-27-34(11-17-46(40)66-24-22-55)28-42(59-51(31)64)43(61)10-7-20-53/h11-18,27,29,31,35,39,42,49H,5-10,19,21-26,28,30,54-56H2,1-4H3,(H,59,64)/t31-,39-,42+,49+/m1/s1. The van der Waals surface area contributed by atoms with E-state index in [2.05, 4.69) is 17.4 Å². The van der Waals surface area contributed by atoms with Gasteiger partial charge < -0.3 is 36.9 Å². The number of ketones is 3. The highest BCUT2D eigenvalue weighted by atomic mass is 16.5. The van der Waals surface area contributed by atoms with Crippen LogP contribution >= 0.6 is 0 Å². The molecular formula is C52H64N8O7. The number of nitriles is 1. The van der Waals surface area contributed by atoms with Gasteiger partial charge in [-0.1, -0.05) is 56.2 Å². The van der Waals surface area contributed by atoms with Crippen LogP contribution in [0.1, 0.15) is 115 Å². The number of benzene rings is 3. The van der Waals surface area contributed by atoms with E-state index in [0.29, 0.717) is 62.4 Å². The second-order valence-electron chi connectivity index (χ2n) is 17.8. The minimum absolute atomic E-state index is 0.0295. The Balaban J connectivity index is 1.37. The van der Waals surface area contributed by atoms with Crippen molar-refractivity contribution in [2.45, 2.75) is 103 Å². The van der Waals surface area contributed by atoms with Crippen molar-refractivity contribution in [2.75, 3.05) is 39.9 Å². The molecule has 1 aliphatic heterocycles. The fourth-order valence-corrected chi connectivity index (χ4v) is 9.38. The van der Waals surface area contributed by atoms with Gasteiger partial charge in [0.05, 0.1) is 29.1 Å². The number of hydrogen-bond donors (Lipinski definition) is 4. The molecular weight excluding hydrogens is 849 g/mol. The summed E-state index contributed by atoms with van der Waals surface area (Å²) >= 11 is 0. The molecule has 6 rings (SSSR count). The molecule has 0 spiro atoms. The number of fused-ring (bicyclic) bond motifs is 5. The first-order valence-electron chi connectivity index (χ1n) is 23.4. The molecule has 15 heteroatoms. The Hall–Kier alpha value is -6.34. The Bertz CT molecular complexity index is 2460. The Morgan fingerprint density at radius 3 is 2.07 bits per heavy atom. The molecule has 15 nitrogen and oxygen atoms in total. The summed E-state index contributed by atoms with van der Waals surface area (Å²) in [5.41, 5.74) is 23.5. The molecule has 4 aromatic rings. The fourth-order valence-electron chi connectivity index (χ4n) is 9.38. The Kier molecular flexibility index (Phi) is 17.5. The van der Waals surface area contributed by atoms with Gasteiger partial charge in [0.1, 0.15) is 30.8 Å². The number of aromatic nitrogens is 2. The number of Topliss-reactive ketones (excluding diaryl/α,β-unsaturated/α-hetero) is 3. The monoisotopic (exact) mass is 912 g/mol. The van der Waals surface area contributed by atoms with Crippen molar-refractivity contribution in [2.24, 2.45) is 29.0 Å². The molecule has 2 amide bonds. The van der Waals surface area contributed by atoms with Crippen LogP contribution in [0, 0.1) is 37.0 Å². The second-order valence-corrected chi connectivity index (χ2v) is 17.8. The summed E-state index contributed by atoms with van der Waals surface area (Å²) in [5.74, 6) is -2.03. The summed E-state index contributed by atoms with van der Waals surface area (Å²) in [6.07, 6.45) is 4.51. The van der Waals surface area contributed by atoms with Crippen LogP contribution in [-0.2, 0) is 25.6 Å². The lowest BCUT2D eigenvalue weighted by Crippen LogP contribution is -2.46. The third-order valence-electron chi connectivity index (χ3n) is 12.9. The van der Waals surface area contributed by atoms with Crippen LogP contribution in [0.15, 0.2) is 60.7 Å². The van der Waals surface area contributed by atoms with Gasteiger partial charge in [-0.3, -0.25) is 24.0 Å². The lowest BCUT2D eigenvalue weighted by atomic mass is 9.88. The zero-order valence-corrected chi connectivity index (χ0v) is 39.1. The summed E-state index contributed by atoms with van der Waals surface area (Å²) in [6, 6.07) is 18.6. The molecule has 0 radical (unpaired) electrons. The van der Waals surface area contributed by atoms with Crippen LogP contribution in [0.2, 0.25) is 0 Å². The number of amides is 2. The molecule has 4 bridgehead atoms. The summed E-state index contributed by atoms with van der Waals surface area (Å²) in [6.45, 7) is 5.98. The fraction of sp³-hybridized carbons (Fsp3) is 0.462. The first-order valence-corrected chi connectivity index (χ1v) is 23.4. The Morgan fingerprint density at radius 1 is 0.851 bits per heavy atom. The smallest absolute Gasteiger partial charge is 0.226 e. The lowest BCUT2D eigenvalue weighted by molar-refractivity contribution is -0.142. The first-order chi connectivity index (χ1) is 32.3. The van der Waals surface area contributed by atoms with Gasteiger partial charge in [-0.05, 0) is 92.9 Å². The second kappa shape index (κ2) is 23.4. The third kappa shape index (κ3) is 12.2. The summed E-state index contributed by atoms with van der Waals surface area (Å²) in [4.78, 5) is 82.1. The third-order valence-corrected chi connectivity index (χ3v) is 12.9. The van der Waals surface area contributed by atoms with E-state index in [4.69, 9.17) is 36.6 Å². The number of ether oxygens (including phenoxy) is 2. The molecule has 67 heavy (non-hydrogen) atoms. The van der Waals surface area contributed by atoms with Crippen LogP contribution in [0.3, 0.4) is 0 Å². The Morgan fingerprint density at radius 2 is 1.46 bits per heavy atom. The molecule has 4 atom stereocenters. The van der Waals surface area contributed by atoms with E-state index in [1.165, 1.54) is 43.2 Å². The van der Waals surface area contributed by atoms with Gasteiger partial charge in [-0.2, -0.15) is 5.26 Å². The maximum atomic E-state index is 14.8. The van der Waals surface area contributed by atoms with Gasteiger partial charge in [-0.15, -0.1) is 0 Å². The highest BCUT2D eigenvalue weighted by molar-refractivity contribution is 6.01. The van der Waals surface area contributed by atoms with Crippen molar-refractivity contribution in [1.82, 2.24) is 20.2 Å². The summed E-state index contributed by atoms with van der Waals surface area (Å²) in [5, 5.41) is 12.1. The molecule has 0 unspecified atom stereocenters. The first kappa shape index (κ1) is 50.1. The number of carbonyl (C=O) groups is 5. The molecule has 2 heterocycles. The van der Waals surface area contributed by atoms with E-state index in [-0.39, 0.29) is 82.9 Å². The van der Waals surface area contributed by atoms with Gasteiger partial charge in [-0.25, -0.2) is 9.97 Å². The zero-order valence-electron chi connectivity index (χ0n) is 39.1. The molecule has 1 saturated carbocycles. The number of aryl methyl sites for hydroxylation is 2. The highest BCUT2D eigenvalue weighted by Gasteiger charge is 2.36. The summed E-state index contributed by atoms with van der Waals surface area (Å²) < 4.78 is 12.3. The van der Waals surface area contributed by atoms with Gasteiger partial charge in [0.25, 0.3) is 0 Å². The van der Waals surface area contributed by atoms with Crippen LogP contribution in [-0.4, -0.2) is 90.0 Å². The number of nitrogens with one attached hydrogen (secondary N) is 1. The molecule has 1 aliphatic carbocycles. The zero-order chi connectivity index (χ0) is 48.2. The van der Waals surface area contributed by atoms with Crippen LogP contribution in [0.4, 0.5) is 0 Å². The Labute approximate surface area is 393 Å². The maximum Gasteiger partial charge on any atom is 0.226 e. The van der Waals surface area contributed by atoms with Crippen LogP contribution in [0.5, 0.6) is 11.5 Å². The van der Waals surface area contributed by atoms with E-state index in [1.54, 1.807) is 51.1 Å². The predicted molar refractivity (Wildman–Crippen MR) is 255 cm³/mol. The van der Waals surface area contributed by atoms with E-state index in [1.807, 2.05) is 24.3 Å². The van der Waals surface area contributed by atoms with E-state index in [0.717, 1.165) is 5.56 Å². The van der Waals surface area contributed by atoms with Crippen LogP contribution in [0.25, 0.3) is 22.5 Å².